The van der Waals surface area contributed by atoms with E-state index in [1.54, 1.807) is 0 Å². The maximum atomic E-state index is 12.8. The molecule has 48 heavy (non-hydrogen) atoms. The van der Waals surface area contributed by atoms with Gasteiger partial charge in [0.05, 0.1) is 30.0 Å². The third-order valence-corrected chi connectivity index (χ3v) is 15.6. The highest BCUT2D eigenvalue weighted by Gasteiger charge is 2.73. The van der Waals surface area contributed by atoms with Gasteiger partial charge in [-0.25, -0.2) is 0 Å². The van der Waals surface area contributed by atoms with Crippen molar-refractivity contribution in [1.82, 2.24) is 0 Å². The zero-order chi connectivity index (χ0) is 35.4. The number of aliphatic hydroxyl groups excluding tert-OH is 4. The molecule has 276 valence electrons. The van der Waals surface area contributed by atoms with Crippen molar-refractivity contribution >= 4 is 5.97 Å². The van der Waals surface area contributed by atoms with Gasteiger partial charge < -0.3 is 44.5 Å². The second-order valence-corrected chi connectivity index (χ2v) is 18.8. The average molecular weight is 681 g/mol. The Morgan fingerprint density at radius 3 is 2.12 bits per heavy atom. The number of hydrogen-bond donors (Lipinski definition) is 5. The summed E-state index contributed by atoms with van der Waals surface area (Å²) in [4.78, 5) is 12.8. The molecule has 0 aromatic rings. The van der Waals surface area contributed by atoms with Gasteiger partial charge in [-0.1, -0.05) is 34.6 Å². The topological polar surface area (TPSA) is 155 Å². The number of esters is 1. The van der Waals surface area contributed by atoms with E-state index < -0.39 is 42.9 Å². The summed E-state index contributed by atoms with van der Waals surface area (Å²) < 4.78 is 25.5. The van der Waals surface area contributed by atoms with E-state index in [1.807, 2.05) is 13.8 Å². The van der Waals surface area contributed by atoms with Crippen LogP contribution < -0.4 is 0 Å². The van der Waals surface area contributed by atoms with Crippen molar-refractivity contribution < 1.29 is 49.3 Å². The van der Waals surface area contributed by atoms with Gasteiger partial charge in [0.2, 0.25) is 0 Å². The standard InChI is InChI=1S/C38H64O10/c1-20(40)45-23-18-22-21(38(9)17-13-27(48-38)34(4,5)44)10-15-36(22,7)37(8)16-11-25-33(2,3)26(12-14-35(25,6)31(23)37)47-32-30(43)29(42)28(41)24(19-39)46-32/h21-32,39,41-44H,10-19H2,1-9H3/t21-,22-,23+,24+,25?,26+,27+,28+,29-,30+,31?,32-,35-,36-,37+,38-/m0/s1. The lowest BCUT2D eigenvalue weighted by Crippen LogP contribution is -2.68. The van der Waals surface area contributed by atoms with Crippen molar-refractivity contribution in [2.45, 2.75) is 180 Å². The molecule has 2 saturated heterocycles. The largest absolute Gasteiger partial charge is 0.462 e. The molecule has 6 aliphatic rings. The van der Waals surface area contributed by atoms with Crippen molar-refractivity contribution in [2.24, 2.45) is 45.3 Å². The number of fused-ring (bicyclic) bond motifs is 5. The molecule has 4 saturated carbocycles. The summed E-state index contributed by atoms with van der Waals surface area (Å²) in [5, 5.41) is 52.1. The highest BCUT2D eigenvalue weighted by Crippen LogP contribution is 2.76. The highest BCUT2D eigenvalue weighted by molar-refractivity contribution is 5.66. The molecule has 0 amide bonds. The number of rotatable bonds is 6. The summed E-state index contributed by atoms with van der Waals surface area (Å²) in [5.74, 6) is 0.769. The Kier molecular flexibility index (Phi) is 9.31. The van der Waals surface area contributed by atoms with E-state index in [4.69, 9.17) is 18.9 Å². The predicted octanol–water partition coefficient (Wildman–Crippen LogP) is 4.11. The fourth-order valence-corrected chi connectivity index (χ4v) is 13.0. The lowest BCUT2D eigenvalue weighted by Gasteiger charge is -2.71. The molecule has 16 atom stereocenters. The van der Waals surface area contributed by atoms with Crippen LogP contribution in [0.5, 0.6) is 0 Å². The normalized spacial score (nSPS) is 53.5. The second-order valence-electron chi connectivity index (χ2n) is 18.8. The Morgan fingerprint density at radius 1 is 0.854 bits per heavy atom. The summed E-state index contributed by atoms with van der Waals surface area (Å²) in [6, 6.07) is 0. The summed E-state index contributed by atoms with van der Waals surface area (Å²) in [6.07, 6.45) is 0.991. The van der Waals surface area contributed by atoms with Gasteiger partial charge in [0.1, 0.15) is 30.5 Å². The number of carbonyl (C=O) groups excluding carboxylic acids is 1. The quantitative estimate of drug-likeness (QED) is 0.205. The van der Waals surface area contributed by atoms with Crippen molar-refractivity contribution in [3.8, 4) is 0 Å². The van der Waals surface area contributed by atoms with Gasteiger partial charge in [0.15, 0.2) is 6.29 Å². The molecule has 4 aliphatic carbocycles. The van der Waals surface area contributed by atoms with Crippen molar-refractivity contribution in [3.05, 3.63) is 0 Å². The SMILES string of the molecule is CC(=O)O[C@@H]1C[C@H]2[C@@H]([C@]3(C)CC[C@H](C(C)(C)O)O3)CC[C@]2(C)[C@]2(C)CCC3C(C)(C)[C@H](O[C@@H]4O[C@H](CO)[C@@H](O)[C@H](O)[C@H]4O)CC[C@]3(C)C12. The molecule has 2 unspecified atom stereocenters. The lowest BCUT2D eigenvalue weighted by molar-refractivity contribution is -0.333. The molecule has 6 fully saturated rings. The van der Waals surface area contributed by atoms with E-state index in [2.05, 4.69) is 41.5 Å². The minimum absolute atomic E-state index is 0.0277. The summed E-state index contributed by atoms with van der Waals surface area (Å²) in [5.41, 5.74) is -1.78. The first-order chi connectivity index (χ1) is 22.1. The fourth-order valence-electron chi connectivity index (χ4n) is 13.0. The molecule has 6 rings (SSSR count). The van der Waals surface area contributed by atoms with E-state index in [9.17, 15) is 30.3 Å². The van der Waals surface area contributed by atoms with Crippen LogP contribution in [0.4, 0.5) is 0 Å². The van der Waals surface area contributed by atoms with Gasteiger partial charge in [0, 0.05) is 12.8 Å². The maximum absolute atomic E-state index is 12.8. The van der Waals surface area contributed by atoms with Gasteiger partial charge in [0.25, 0.3) is 0 Å². The van der Waals surface area contributed by atoms with Crippen molar-refractivity contribution in [2.75, 3.05) is 6.61 Å². The number of ether oxygens (including phenoxy) is 4. The Labute approximate surface area is 287 Å². The van der Waals surface area contributed by atoms with Crippen LogP contribution in [0.2, 0.25) is 0 Å². The van der Waals surface area contributed by atoms with Crippen LogP contribution in [-0.4, -0.2) is 98.3 Å². The van der Waals surface area contributed by atoms with Crippen LogP contribution in [0.25, 0.3) is 0 Å². The molecule has 10 heteroatoms. The minimum Gasteiger partial charge on any atom is -0.462 e. The molecular formula is C38H64O10. The molecule has 0 bridgehead atoms. The second kappa shape index (κ2) is 12.1. The molecular weight excluding hydrogens is 616 g/mol. The van der Waals surface area contributed by atoms with Gasteiger partial charge >= 0.3 is 5.97 Å². The molecule has 10 nitrogen and oxygen atoms in total. The highest BCUT2D eigenvalue weighted by atomic mass is 16.7. The van der Waals surface area contributed by atoms with Crippen molar-refractivity contribution in [1.29, 1.82) is 0 Å². The monoisotopic (exact) mass is 680 g/mol. The molecule has 0 radical (unpaired) electrons. The Bertz CT molecular complexity index is 1220. The molecule has 0 aromatic carbocycles. The van der Waals surface area contributed by atoms with Crippen LogP contribution in [-0.2, 0) is 23.7 Å². The van der Waals surface area contributed by atoms with Crippen LogP contribution in [0.15, 0.2) is 0 Å². The zero-order valence-corrected chi connectivity index (χ0v) is 30.8. The number of carbonyl (C=O) groups is 1. The van der Waals surface area contributed by atoms with Crippen LogP contribution in [0.3, 0.4) is 0 Å². The van der Waals surface area contributed by atoms with E-state index >= 15 is 0 Å². The van der Waals surface area contributed by atoms with Gasteiger partial charge in [-0.2, -0.15) is 0 Å². The zero-order valence-electron chi connectivity index (χ0n) is 30.8. The molecule has 5 N–H and O–H groups in total. The summed E-state index contributed by atoms with van der Waals surface area (Å²) in [7, 11) is 0. The molecule has 2 aliphatic heterocycles. The first-order valence-corrected chi connectivity index (χ1v) is 18.7. The Balaban J connectivity index is 1.29. The third kappa shape index (κ3) is 5.44. The fraction of sp³-hybridized carbons (Fsp3) is 0.974. The van der Waals surface area contributed by atoms with E-state index in [-0.39, 0.29) is 63.4 Å². The van der Waals surface area contributed by atoms with Crippen molar-refractivity contribution in [3.63, 3.8) is 0 Å². The first-order valence-electron chi connectivity index (χ1n) is 18.7. The Hall–Kier alpha value is -0.850. The van der Waals surface area contributed by atoms with Gasteiger partial charge in [-0.15, -0.1) is 0 Å². The molecule has 0 aromatic heterocycles. The van der Waals surface area contributed by atoms with Crippen LogP contribution in [0, 0.1) is 45.3 Å². The molecule has 2 heterocycles. The lowest BCUT2D eigenvalue weighted by atomic mass is 9.35. The van der Waals surface area contributed by atoms with E-state index in [0.29, 0.717) is 18.3 Å². The third-order valence-electron chi connectivity index (χ3n) is 15.6. The van der Waals surface area contributed by atoms with E-state index in [1.165, 1.54) is 6.92 Å². The van der Waals surface area contributed by atoms with Gasteiger partial charge in [-0.3, -0.25) is 4.79 Å². The minimum atomic E-state index is -1.48. The van der Waals surface area contributed by atoms with E-state index in [0.717, 1.165) is 51.4 Å². The Morgan fingerprint density at radius 2 is 1.52 bits per heavy atom. The van der Waals surface area contributed by atoms with Crippen LogP contribution >= 0.6 is 0 Å². The smallest absolute Gasteiger partial charge is 0.302 e. The van der Waals surface area contributed by atoms with Gasteiger partial charge in [-0.05, 0) is 118 Å². The average Bonchev–Trinajstić information content (AvgIpc) is 3.56. The van der Waals surface area contributed by atoms with Crippen LogP contribution in [0.1, 0.15) is 120 Å². The number of hydrogen-bond acceptors (Lipinski definition) is 10. The summed E-state index contributed by atoms with van der Waals surface area (Å²) in [6.45, 7) is 18.8. The predicted molar refractivity (Wildman–Crippen MR) is 177 cm³/mol. The first kappa shape index (κ1) is 36.9. The maximum Gasteiger partial charge on any atom is 0.302 e. The number of aliphatic hydroxyl groups is 5. The molecule has 0 spiro atoms. The summed E-state index contributed by atoms with van der Waals surface area (Å²) >= 11 is 0.